The Labute approximate surface area is 159 Å². The Kier molecular flexibility index (Phi) is 6.40. The van der Waals surface area contributed by atoms with Crippen LogP contribution in [0.3, 0.4) is 0 Å². The van der Waals surface area contributed by atoms with Gasteiger partial charge >= 0.3 is 0 Å². The number of rotatable bonds is 6. The zero-order chi connectivity index (χ0) is 18.4. The van der Waals surface area contributed by atoms with Gasteiger partial charge in [-0.05, 0) is 54.7 Å². The summed E-state index contributed by atoms with van der Waals surface area (Å²) >= 11 is 6.19. The summed E-state index contributed by atoms with van der Waals surface area (Å²) in [7, 11) is 1.59. The highest BCUT2D eigenvalue weighted by Gasteiger charge is 2.20. The van der Waals surface area contributed by atoms with Gasteiger partial charge in [-0.3, -0.25) is 4.79 Å². The van der Waals surface area contributed by atoms with Gasteiger partial charge in [-0.1, -0.05) is 36.9 Å². The van der Waals surface area contributed by atoms with E-state index in [0.29, 0.717) is 22.4 Å². The van der Waals surface area contributed by atoms with E-state index >= 15 is 0 Å². The molecule has 1 amide bonds. The van der Waals surface area contributed by atoms with Crippen LogP contribution in [0.1, 0.15) is 43.6 Å². The van der Waals surface area contributed by atoms with Crippen LogP contribution < -0.4 is 14.8 Å². The number of anilines is 1. The minimum atomic E-state index is -0.206. The van der Waals surface area contributed by atoms with Gasteiger partial charge in [0.25, 0.3) is 5.91 Å². The molecule has 0 heterocycles. The minimum absolute atomic E-state index is 0.0431. The SMILES string of the molecule is COc1cccc(NC(=O)COc2ccc(Cl)cc2C2CCCCC2)c1. The summed E-state index contributed by atoms with van der Waals surface area (Å²) in [5, 5.41) is 3.53. The predicted octanol–water partition coefficient (Wildman–Crippen LogP) is 5.41. The van der Waals surface area contributed by atoms with Gasteiger partial charge < -0.3 is 14.8 Å². The molecule has 0 saturated heterocycles. The molecule has 0 aromatic heterocycles. The second kappa shape index (κ2) is 8.95. The smallest absolute Gasteiger partial charge is 0.262 e. The van der Waals surface area contributed by atoms with E-state index in [1.165, 1.54) is 19.3 Å². The van der Waals surface area contributed by atoms with Crippen molar-refractivity contribution in [2.75, 3.05) is 19.0 Å². The van der Waals surface area contributed by atoms with E-state index in [1.807, 2.05) is 36.4 Å². The lowest BCUT2D eigenvalue weighted by Gasteiger charge is -2.24. The fourth-order valence-electron chi connectivity index (χ4n) is 3.42. The van der Waals surface area contributed by atoms with Gasteiger partial charge in [-0.25, -0.2) is 0 Å². The number of halogens is 1. The largest absolute Gasteiger partial charge is 0.497 e. The van der Waals surface area contributed by atoms with Gasteiger partial charge in [0.05, 0.1) is 7.11 Å². The fraction of sp³-hybridized carbons (Fsp3) is 0.381. The van der Waals surface area contributed by atoms with Crippen LogP contribution >= 0.6 is 11.6 Å². The Morgan fingerprint density at radius 2 is 1.96 bits per heavy atom. The number of carbonyl (C=O) groups excluding carboxylic acids is 1. The molecule has 0 radical (unpaired) electrons. The molecule has 0 atom stereocenters. The number of methoxy groups -OCH3 is 1. The van der Waals surface area contributed by atoms with E-state index in [-0.39, 0.29) is 12.5 Å². The molecule has 1 fully saturated rings. The lowest BCUT2D eigenvalue weighted by Crippen LogP contribution is -2.21. The van der Waals surface area contributed by atoms with Crippen LogP contribution in [0.2, 0.25) is 5.02 Å². The van der Waals surface area contributed by atoms with Crippen LogP contribution in [0.25, 0.3) is 0 Å². The van der Waals surface area contributed by atoms with Crippen molar-refractivity contribution in [2.24, 2.45) is 0 Å². The molecule has 26 heavy (non-hydrogen) atoms. The van der Waals surface area contributed by atoms with E-state index in [0.717, 1.165) is 24.2 Å². The highest BCUT2D eigenvalue weighted by Crippen LogP contribution is 2.38. The van der Waals surface area contributed by atoms with Gasteiger partial charge in [0.1, 0.15) is 11.5 Å². The molecular weight excluding hydrogens is 350 g/mol. The molecule has 1 N–H and O–H groups in total. The fourth-order valence-corrected chi connectivity index (χ4v) is 3.61. The monoisotopic (exact) mass is 373 g/mol. The summed E-state index contributed by atoms with van der Waals surface area (Å²) < 4.78 is 11.0. The van der Waals surface area contributed by atoms with Crippen LogP contribution in [0.4, 0.5) is 5.69 Å². The third kappa shape index (κ3) is 4.92. The summed E-state index contributed by atoms with van der Waals surface area (Å²) in [6.45, 7) is -0.0431. The zero-order valence-electron chi connectivity index (χ0n) is 15.0. The molecule has 2 aromatic carbocycles. The van der Waals surface area contributed by atoms with E-state index in [1.54, 1.807) is 13.2 Å². The minimum Gasteiger partial charge on any atom is -0.497 e. The number of ether oxygens (including phenoxy) is 2. The standard InChI is InChI=1S/C21H24ClNO3/c1-25-18-9-5-8-17(13-18)23-21(24)14-26-20-11-10-16(22)12-19(20)15-6-3-2-4-7-15/h5,8-13,15H,2-4,6-7,14H2,1H3,(H,23,24). The van der Waals surface area contributed by atoms with Crippen LogP contribution in [-0.4, -0.2) is 19.6 Å². The Bertz CT molecular complexity index is 757. The third-order valence-corrected chi connectivity index (χ3v) is 4.96. The van der Waals surface area contributed by atoms with Crippen molar-refractivity contribution >= 4 is 23.2 Å². The zero-order valence-corrected chi connectivity index (χ0v) is 15.7. The van der Waals surface area contributed by atoms with E-state index < -0.39 is 0 Å². The lowest BCUT2D eigenvalue weighted by molar-refractivity contribution is -0.118. The van der Waals surface area contributed by atoms with E-state index in [9.17, 15) is 4.79 Å². The topological polar surface area (TPSA) is 47.6 Å². The van der Waals surface area contributed by atoms with E-state index in [4.69, 9.17) is 21.1 Å². The maximum Gasteiger partial charge on any atom is 0.262 e. The maximum absolute atomic E-state index is 12.2. The summed E-state index contributed by atoms with van der Waals surface area (Å²) in [4.78, 5) is 12.2. The van der Waals surface area contributed by atoms with E-state index in [2.05, 4.69) is 5.32 Å². The molecule has 1 aliphatic carbocycles. The van der Waals surface area contributed by atoms with Crippen molar-refractivity contribution in [3.8, 4) is 11.5 Å². The average molecular weight is 374 g/mol. The second-order valence-corrected chi connectivity index (χ2v) is 7.02. The number of hydrogen-bond acceptors (Lipinski definition) is 3. The third-order valence-electron chi connectivity index (χ3n) is 4.73. The molecule has 0 bridgehead atoms. The van der Waals surface area contributed by atoms with Gasteiger partial charge in [0.2, 0.25) is 0 Å². The normalized spacial score (nSPS) is 14.7. The number of hydrogen-bond donors (Lipinski definition) is 1. The number of amides is 1. The number of carbonyl (C=O) groups is 1. The first-order valence-corrected chi connectivity index (χ1v) is 9.39. The Morgan fingerprint density at radius 3 is 2.73 bits per heavy atom. The summed E-state index contributed by atoms with van der Waals surface area (Å²) in [5.41, 5.74) is 1.80. The first-order valence-electron chi connectivity index (χ1n) is 9.02. The molecule has 0 unspecified atom stereocenters. The molecular formula is C21H24ClNO3. The van der Waals surface area contributed by atoms with Crippen molar-refractivity contribution in [2.45, 2.75) is 38.0 Å². The molecule has 5 heteroatoms. The van der Waals surface area contributed by atoms with Crippen molar-refractivity contribution in [1.29, 1.82) is 0 Å². The summed E-state index contributed by atoms with van der Waals surface area (Å²) in [5.74, 6) is 1.70. The lowest BCUT2D eigenvalue weighted by atomic mass is 9.84. The summed E-state index contributed by atoms with van der Waals surface area (Å²) in [6.07, 6.45) is 6.04. The van der Waals surface area contributed by atoms with Gasteiger partial charge in [0.15, 0.2) is 6.61 Å². The molecule has 4 nitrogen and oxygen atoms in total. The molecule has 2 aromatic rings. The Hall–Kier alpha value is -2.20. The first kappa shape index (κ1) is 18.6. The van der Waals surface area contributed by atoms with Crippen molar-refractivity contribution in [1.82, 2.24) is 0 Å². The highest BCUT2D eigenvalue weighted by molar-refractivity contribution is 6.30. The van der Waals surface area contributed by atoms with Crippen LogP contribution in [-0.2, 0) is 4.79 Å². The number of nitrogens with one attached hydrogen (secondary N) is 1. The second-order valence-electron chi connectivity index (χ2n) is 6.59. The molecule has 1 aliphatic rings. The van der Waals surface area contributed by atoms with Crippen molar-refractivity contribution in [3.63, 3.8) is 0 Å². The van der Waals surface area contributed by atoms with Gasteiger partial charge in [0, 0.05) is 16.8 Å². The molecule has 0 spiro atoms. The van der Waals surface area contributed by atoms with Gasteiger partial charge in [-0.15, -0.1) is 0 Å². The quantitative estimate of drug-likeness (QED) is 0.736. The predicted molar refractivity (Wildman–Crippen MR) is 104 cm³/mol. The maximum atomic E-state index is 12.2. The molecule has 138 valence electrons. The number of benzene rings is 2. The van der Waals surface area contributed by atoms with Crippen LogP contribution in [0.15, 0.2) is 42.5 Å². The van der Waals surface area contributed by atoms with Crippen molar-refractivity contribution < 1.29 is 14.3 Å². The summed E-state index contributed by atoms with van der Waals surface area (Å²) in [6, 6.07) is 12.9. The average Bonchev–Trinajstić information content (AvgIpc) is 2.68. The van der Waals surface area contributed by atoms with Gasteiger partial charge in [-0.2, -0.15) is 0 Å². The van der Waals surface area contributed by atoms with Crippen LogP contribution in [0.5, 0.6) is 11.5 Å². The highest BCUT2D eigenvalue weighted by atomic mass is 35.5. The van der Waals surface area contributed by atoms with Crippen LogP contribution in [0, 0.1) is 0 Å². The molecule has 1 saturated carbocycles. The first-order chi connectivity index (χ1) is 12.7. The molecule has 0 aliphatic heterocycles. The Morgan fingerprint density at radius 1 is 1.15 bits per heavy atom. The van der Waals surface area contributed by atoms with Crippen molar-refractivity contribution in [3.05, 3.63) is 53.1 Å². The Balaban J connectivity index is 1.64. The molecule has 3 rings (SSSR count).